The Hall–Kier alpha value is 0.270. The molecule has 2 nitrogen and oxygen atoms in total. The van der Waals surface area contributed by atoms with Crippen molar-refractivity contribution in [2.75, 3.05) is 19.3 Å². The first-order chi connectivity index (χ1) is 10.3. The number of hydrogen-bond acceptors (Lipinski definition) is 3. The van der Waals surface area contributed by atoms with Crippen LogP contribution in [0.3, 0.4) is 0 Å². The van der Waals surface area contributed by atoms with Gasteiger partial charge in [0.1, 0.15) is 0 Å². The van der Waals surface area contributed by atoms with Gasteiger partial charge in [0.2, 0.25) is 0 Å². The van der Waals surface area contributed by atoms with E-state index in [1.807, 2.05) is 0 Å². The van der Waals surface area contributed by atoms with Gasteiger partial charge in [-0.05, 0) is 57.2 Å². The van der Waals surface area contributed by atoms with Gasteiger partial charge in [0.25, 0.3) is 0 Å². The lowest BCUT2D eigenvalue weighted by Crippen LogP contribution is -2.50. The molecule has 2 saturated carbocycles. The molecule has 1 saturated heterocycles. The Kier molecular flexibility index (Phi) is 5.92. The molecule has 1 aliphatic heterocycles. The fraction of sp³-hybridized carbons (Fsp3) is 1.00. The highest BCUT2D eigenvalue weighted by atomic mass is 32.2. The van der Waals surface area contributed by atoms with E-state index in [0.29, 0.717) is 4.75 Å². The Morgan fingerprint density at radius 2 is 1.86 bits per heavy atom. The predicted molar refractivity (Wildman–Crippen MR) is 94.1 cm³/mol. The minimum Gasteiger partial charge on any atom is -0.314 e. The van der Waals surface area contributed by atoms with E-state index in [0.717, 1.165) is 18.0 Å². The molecule has 0 aromatic carbocycles. The standard InChI is InChI=1S/C18H34N2S/c1-21-18(11-4-2-5-12-18)14-20-17-10-7-8-15(17)16-9-3-6-13-19-16/h15-17,19-20H,2-14H2,1H3. The molecule has 0 spiro atoms. The maximum atomic E-state index is 4.03. The van der Waals surface area contributed by atoms with Crippen molar-refractivity contribution in [1.82, 2.24) is 10.6 Å². The molecule has 0 bridgehead atoms. The highest BCUT2D eigenvalue weighted by Gasteiger charge is 2.37. The van der Waals surface area contributed by atoms with E-state index in [1.54, 1.807) is 0 Å². The third-order valence-corrected chi connectivity index (χ3v) is 7.74. The van der Waals surface area contributed by atoms with Crippen molar-refractivity contribution >= 4 is 11.8 Å². The van der Waals surface area contributed by atoms with E-state index in [2.05, 4.69) is 28.7 Å². The van der Waals surface area contributed by atoms with Gasteiger partial charge in [-0.15, -0.1) is 0 Å². The summed E-state index contributed by atoms with van der Waals surface area (Å²) < 4.78 is 0.547. The van der Waals surface area contributed by atoms with Crippen LogP contribution in [0.2, 0.25) is 0 Å². The zero-order chi connectivity index (χ0) is 14.5. The number of piperidine rings is 1. The van der Waals surface area contributed by atoms with Crippen molar-refractivity contribution in [2.24, 2.45) is 5.92 Å². The van der Waals surface area contributed by atoms with Gasteiger partial charge in [-0.3, -0.25) is 0 Å². The lowest BCUT2D eigenvalue weighted by Gasteiger charge is -2.39. The van der Waals surface area contributed by atoms with Gasteiger partial charge in [-0.1, -0.05) is 32.1 Å². The summed E-state index contributed by atoms with van der Waals surface area (Å²) in [6, 6.07) is 1.59. The monoisotopic (exact) mass is 310 g/mol. The van der Waals surface area contributed by atoms with Gasteiger partial charge in [0, 0.05) is 23.4 Å². The van der Waals surface area contributed by atoms with Crippen LogP contribution in [-0.2, 0) is 0 Å². The predicted octanol–water partition coefficient (Wildman–Crippen LogP) is 3.95. The molecule has 3 rings (SSSR count). The summed E-state index contributed by atoms with van der Waals surface area (Å²) in [4.78, 5) is 0. The van der Waals surface area contributed by atoms with Crippen LogP contribution < -0.4 is 10.6 Å². The quantitative estimate of drug-likeness (QED) is 0.804. The second-order valence-corrected chi connectivity index (χ2v) is 8.86. The Morgan fingerprint density at radius 3 is 2.57 bits per heavy atom. The molecular weight excluding hydrogens is 276 g/mol. The molecule has 0 aromatic heterocycles. The highest BCUT2D eigenvalue weighted by Crippen LogP contribution is 2.39. The molecule has 3 unspecified atom stereocenters. The topological polar surface area (TPSA) is 24.1 Å². The zero-order valence-corrected chi connectivity index (χ0v) is 14.6. The van der Waals surface area contributed by atoms with E-state index in [9.17, 15) is 0 Å². The van der Waals surface area contributed by atoms with Gasteiger partial charge >= 0.3 is 0 Å². The SMILES string of the molecule is CSC1(CNC2CCCC2C2CCCCN2)CCCCC1. The molecule has 2 aliphatic carbocycles. The first-order valence-electron chi connectivity index (χ1n) is 9.35. The van der Waals surface area contributed by atoms with E-state index in [4.69, 9.17) is 0 Å². The van der Waals surface area contributed by atoms with Crippen molar-refractivity contribution < 1.29 is 0 Å². The second-order valence-electron chi connectivity index (χ2n) is 7.59. The van der Waals surface area contributed by atoms with Crippen molar-refractivity contribution in [2.45, 2.75) is 87.5 Å². The normalized spacial score (nSPS) is 36.7. The fourth-order valence-electron chi connectivity index (χ4n) is 4.93. The highest BCUT2D eigenvalue weighted by molar-refractivity contribution is 8.00. The van der Waals surface area contributed by atoms with E-state index in [-0.39, 0.29) is 0 Å². The lowest BCUT2D eigenvalue weighted by atomic mass is 9.86. The minimum absolute atomic E-state index is 0.547. The Balaban J connectivity index is 1.53. The maximum Gasteiger partial charge on any atom is 0.0281 e. The van der Waals surface area contributed by atoms with Gasteiger partial charge in [-0.25, -0.2) is 0 Å². The van der Waals surface area contributed by atoms with Crippen LogP contribution in [-0.4, -0.2) is 36.2 Å². The first-order valence-corrected chi connectivity index (χ1v) is 10.6. The largest absolute Gasteiger partial charge is 0.314 e. The Morgan fingerprint density at radius 1 is 1.00 bits per heavy atom. The minimum atomic E-state index is 0.547. The maximum absolute atomic E-state index is 4.03. The van der Waals surface area contributed by atoms with Crippen LogP contribution in [0.15, 0.2) is 0 Å². The molecule has 0 aromatic rings. The van der Waals surface area contributed by atoms with Gasteiger partial charge in [0.15, 0.2) is 0 Å². The number of nitrogens with one attached hydrogen (secondary N) is 2. The van der Waals surface area contributed by atoms with Gasteiger partial charge in [0.05, 0.1) is 0 Å². The van der Waals surface area contributed by atoms with Crippen LogP contribution in [0.4, 0.5) is 0 Å². The summed E-state index contributed by atoms with van der Waals surface area (Å²) in [7, 11) is 0. The molecule has 3 atom stereocenters. The molecule has 122 valence electrons. The van der Waals surface area contributed by atoms with Crippen LogP contribution in [0.1, 0.15) is 70.6 Å². The number of thioether (sulfide) groups is 1. The average molecular weight is 311 g/mol. The summed E-state index contributed by atoms with van der Waals surface area (Å²) in [5, 5.41) is 7.84. The van der Waals surface area contributed by atoms with Crippen LogP contribution in [0, 0.1) is 5.92 Å². The van der Waals surface area contributed by atoms with Gasteiger partial charge in [-0.2, -0.15) is 11.8 Å². The Bertz CT molecular complexity index is 308. The summed E-state index contributed by atoms with van der Waals surface area (Å²) >= 11 is 2.14. The summed E-state index contributed by atoms with van der Waals surface area (Å²) in [5.41, 5.74) is 0. The molecule has 0 amide bonds. The zero-order valence-electron chi connectivity index (χ0n) is 13.8. The molecule has 2 N–H and O–H groups in total. The molecule has 1 heterocycles. The van der Waals surface area contributed by atoms with Crippen molar-refractivity contribution in [3.63, 3.8) is 0 Å². The first kappa shape index (κ1) is 16.1. The summed E-state index contributed by atoms with van der Waals surface area (Å²) in [6.45, 7) is 2.50. The average Bonchev–Trinajstić information content (AvgIpc) is 3.03. The lowest BCUT2D eigenvalue weighted by molar-refractivity contribution is 0.248. The number of hydrogen-bond donors (Lipinski definition) is 2. The molecule has 3 aliphatic rings. The summed E-state index contributed by atoms with van der Waals surface area (Å²) in [5.74, 6) is 0.896. The fourth-order valence-corrected chi connectivity index (χ4v) is 5.86. The van der Waals surface area contributed by atoms with Crippen molar-refractivity contribution in [1.29, 1.82) is 0 Å². The molecular formula is C18H34N2S. The third kappa shape index (κ3) is 3.97. The second kappa shape index (κ2) is 7.70. The molecule has 3 heteroatoms. The van der Waals surface area contributed by atoms with Crippen molar-refractivity contribution in [3.8, 4) is 0 Å². The van der Waals surface area contributed by atoms with E-state index < -0.39 is 0 Å². The Labute approximate surface area is 135 Å². The van der Waals surface area contributed by atoms with E-state index >= 15 is 0 Å². The molecule has 21 heavy (non-hydrogen) atoms. The number of rotatable bonds is 5. The van der Waals surface area contributed by atoms with Gasteiger partial charge < -0.3 is 10.6 Å². The van der Waals surface area contributed by atoms with E-state index in [1.165, 1.54) is 83.7 Å². The molecule has 0 radical (unpaired) electrons. The third-order valence-electron chi connectivity index (χ3n) is 6.32. The van der Waals surface area contributed by atoms with Crippen molar-refractivity contribution in [3.05, 3.63) is 0 Å². The van der Waals surface area contributed by atoms with Crippen LogP contribution in [0.5, 0.6) is 0 Å². The summed E-state index contributed by atoms with van der Waals surface area (Å²) in [6.07, 6.45) is 18.1. The smallest absolute Gasteiger partial charge is 0.0281 e. The van der Waals surface area contributed by atoms with Crippen LogP contribution in [0.25, 0.3) is 0 Å². The molecule has 3 fully saturated rings. The van der Waals surface area contributed by atoms with Crippen LogP contribution >= 0.6 is 11.8 Å².